The number of aromatic nitrogens is 3. The van der Waals surface area contributed by atoms with E-state index in [1.165, 1.54) is 30.2 Å². The first kappa shape index (κ1) is 21.6. The van der Waals surface area contributed by atoms with Crippen LogP contribution in [-0.4, -0.2) is 39.5 Å². The fourth-order valence-electron chi connectivity index (χ4n) is 2.52. The summed E-state index contributed by atoms with van der Waals surface area (Å²) >= 11 is 14.7. The van der Waals surface area contributed by atoms with E-state index in [1.807, 2.05) is 11.5 Å². The normalized spacial score (nSPS) is 10.8. The third-order valence-corrected chi connectivity index (χ3v) is 6.21. The molecule has 7 nitrogen and oxygen atoms in total. The molecule has 0 aliphatic carbocycles. The Labute approximate surface area is 185 Å². The number of methoxy groups -OCH3 is 1. The molecule has 3 aromatic rings. The van der Waals surface area contributed by atoms with E-state index in [4.69, 9.17) is 27.9 Å². The fraction of sp³-hybridized carbons (Fsp3) is 0.222. The molecule has 3 rings (SSSR count). The topological polar surface area (TPSA) is 86.1 Å². The molecule has 0 bridgehead atoms. The number of carbonyl (C=O) groups is 2. The number of rotatable bonds is 7. The molecule has 0 aliphatic heterocycles. The van der Waals surface area contributed by atoms with Gasteiger partial charge in [0.1, 0.15) is 5.00 Å². The van der Waals surface area contributed by atoms with E-state index < -0.39 is 5.97 Å². The Kier molecular flexibility index (Phi) is 7.18. The Morgan fingerprint density at radius 3 is 2.76 bits per heavy atom. The van der Waals surface area contributed by atoms with E-state index >= 15 is 0 Å². The lowest BCUT2D eigenvalue weighted by Crippen LogP contribution is -2.16. The maximum absolute atomic E-state index is 12.3. The maximum atomic E-state index is 12.3. The van der Waals surface area contributed by atoms with E-state index in [0.717, 1.165) is 0 Å². The second-order valence-electron chi connectivity index (χ2n) is 5.67. The summed E-state index contributed by atoms with van der Waals surface area (Å²) in [6.07, 6.45) is 0. The molecule has 1 amide bonds. The highest BCUT2D eigenvalue weighted by molar-refractivity contribution is 7.99. The van der Waals surface area contributed by atoms with Gasteiger partial charge < -0.3 is 14.6 Å². The molecule has 0 saturated carbocycles. The van der Waals surface area contributed by atoms with Gasteiger partial charge in [0.25, 0.3) is 0 Å². The molecular formula is C18H16Cl2N4O3S2. The highest BCUT2D eigenvalue weighted by atomic mass is 35.5. The van der Waals surface area contributed by atoms with Crippen LogP contribution in [0.1, 0.15) is 17.3 Å². The predicted octanol–water partition coefficient (Wildman–Crippen LogP) is 4.85. The minimum atomic E-state index is -0.496. The quantitative estimate of drug-likeness (QED) is 0.392. The predicted molar refractivity (Wildman–Crippen MR) is 116 cm³/mol. The average Bonchev–Trinajstić information content (AvgIpc) is 3.32. The number of esters is 1. The second kappa shape index (κ2) is 9.62. The Morgan fingerprint density at radius 1 is 1.28 bits per heavy atom. The molecule has 0 fully saturated rings. The smallest absolute Gasteiger partial charge is 0.340 e. The number of nitrogens with one attached hydrogen (secondary N) is 1. The zero-order chi connectivity index (χ0) is 21.0. The Morgan fingerprint density at radius 2 is 2.07 bits per heavy atom. The minimum Gasteiger partial charge on any atom is -0.465 e. The lowest BCUT2D eigenvalue weighted by Gasteiger charge is -2.09. The van der Waals surface area contributed by atoms with Crippen LogP contribution >= 0.6 is 46.3 Å². The van der Waals surface area contributed by atoms with E-state index in [9.17, 15) is 9.59 Å². The van der Waals surface area contributed by atoms with Gasteiger partial charge in [-0.2, -0.15) is 0 Å². The van der Waals surface area contributed by atoms with Crippen LogP contribution in [0.3, 0.4) is 0 Å². The van der Waals surface area contributed by atoms with Crippen molar-refractivity contribution in [3.8, 4) is 11.4 Å². The van der Waals surface area contributed by atoms with Gasteiger partial charge in [-0.1, -0.05) is 35.0 Å². The lowest BCUT2D eigenvalue weighted by atomic mass is 10.2. The number of hydrogen-bond acceptors (Lipinski definition) is 7. The Hall–Kier alpha value is -2.07. The number of carbonyl (C=O) groups excluding carboxylic acids is 2. The van der Waals surface area contributed by atoms with Crippen LogP contribution in [0.25, 0.3) is 11.4 Å². The van der Waals surface area contributed by atoms with Gasteiger partial charge in [-0.3, -0.25) is 4.79 Å². The molecule has 2 heterocycles. The third-order valence-electron chi connectivity index (χ3n) is 3.86. The molecule has 0 spiro atoms. The maximum Gasteiger partial charge on any atom is 0.340 e. The van der Waals surface area contributed by atoms with E-state index in [1.54, 1.807) is 29.6 Å². The first-order chi connectivity index (χ1) is 13.9. The fourth-order valence-corrected chi connectivity index (χ4v) is 4.61. The number of hydrogen-bond donors (Lipinski definition) is 1. The van der Waals surface area contributed by atoms with Crippen molar-refractivity contribution in [2.75, 3.05) is 18.2 Å². The van der Waals surface area contributed by atoms with Crippen molar-refractivity contribution in [3.63, 3.8) is 0 Å². The Balaban J connectivity index is 1.71. The molecule has 29 heavy (non-hydrogen) atoms. The van der Waals surface area contributed by atoms with Crippen molar-refractivity contribution in [3.05, 3.63) is 45.3 Å². The summed E-state index contributed by atoms with van der Waals surface area (Å²) in [5, 5.41) is 14.9. The third kappa shape index (κ3) is 4.92. The molecule has 2 aromatic heterocycles. The number of thiophene rings is 1. The summed E-state index contributed by atoms with van der Waals surface area (Å²) in [6, 6.07) is 6.77. The Bertz CT molecular complexity index is 1050. The largest absolute Gasteiger partial charge is 0.465 e. The zero-order valence-electron chi connectivity index (χ0n) is 15.4. The molecule has 11 heteroatoms. The van der Waals surface area contributed by atoms with Crippen LogP contribution in [0.5, 0.6) is 0 Å². The number of thioether (sulfide) groups is 1. The second-order valence-corrected chi connectivity index (χ2v) is 8.37. The highest BCUT2D eigenvalue weighted by Gasteiger charge is 2.19. The summed E-state index contributed by atoms with van der Waals surface area (Å²) in [7, 11) is 1.30. The van der Waals surface area contributed by atoms with Crippen LogP contribution < -0.4 is 5.32 Å². The SMILES string of the molecule is CCn1c(SCC(=O)Nc2sccc2C(=O)OC)nnc1-c1ccc(Cl)cc1Cl. The standard InChI is InChI=1S/C18H16Cl2N4O3S2/c1-3-24-15(11-5-4-10(19)8-13(11)20)22-23-18(24)29-9-14(25)21-16-12(6-7-28-16)17(26)27-2/h4-8H,3,9H2,1-2H3,(H,21,25). The van der Waals surface area contributed by atoms with E-state index in [2.05, 4.69) is 15.5 Å². The van der Waals surface area contributed by atoms with Crippen molar-refractivity contribution < 1.29 is 14.3 Å². The summed E-state index contributed by atoms with van der Waals surface area (Å²) in [6.45, 7) is 2.55. The van der Waals surface area contributed by atoms with Gasteiger partial charge >= 0.3 is 5.97 Å². The van der Waals surface area contributed by atoms with Crippen LogP contribution in [0.2, 0.25) is 10.0 Å². The van der Waals surface area contributed by atoms with Gasteiger partial charge in [-0.15, -0.1) is 21.5 Å². The van der Waals surface area contributed by atoms with Gasteiger partial charge in [0.15, 0.2) is 11.0 Å². The van der Waals surface area contributed by atoms with E-state index in [-0.39, 0.29) is 11.7 Å². The van der Waals surface area contributed by atoms with Crippen molar-refractivity contribution in [1.82, 2.24) is 14.8 Å². The molecule has 0 unspecified atom stereocenters. The molecule has 0 saturated heterocycles. The van der Waals surface area contributed by atoms with Crippen molar-refractivity contribution >= 4 is 63.2 Å². The zero-order valence-corrected chi connectivity index (χ0v) is 18.6. The van der Waals surface area contributed by atoms with Gasteiger partial charge in [-0.05, 0) is 36.6 Å². The number of nitrogens with zero attached hydrogens (tertiary/aromatic N) is 3. The van der Waals surface area contributed by atoms with Crippen LogP contribution in [0.4, 0.5) is 5.00 Å². The van der Waals surface area contributed by atoms with Gasteiger partial charge in [0.2, 0.25) is 5.91 Å². The number of ether oxygens (including phenoxy) is 1. The van der Waals surface area contributed by atoms with E-state index in [0.29, 0.717) is 43.7 Å². The molecule has 0 radical (unpaired) electrons. The molecule has 152 valence electrons. The molecule has 0 aliphatic rings. The monoisotopic (exact) mass is 470 g/mol. The average molecular weight is 471 g/mol. The van der Waals surface area contributed by atoms with Crippen molar-refractivity contribution in [2.45, 2.75) is 18.6 Å². The highest BCUT2D eigenvalue weighted by Crippen LogP contribution is 2.31. The molecular weight excluding hydrogens is 455 g/mol. The molecule has 1 aromatic carbocycles. The first-order valence-corrected chi connectivity index (χ1v) is 11.0. The molecule has 1 N–H and O–H groups in total. The van der Waals surface area contributed by atoms with Crippen molar-refractivity contribution in [2.24, 2.45) is 0 Å². The number of amides is 1. The van der Waals surface area contributed by atoms with Gasteiger partial charge in [-0.25, -0.2) is 4.79 Å². The van der Waals surface area contributed by atoms with Crippen LogP contribution in [0, 0.1) is 0 Å². The summed E-state index contributed by atoms with van der Waals surface area (Å²) in [4.78, 5) is 24.1. The first-order valence-electron chi connectivity index (χ1n) is 8.41. The minimum absolute atomic E-state index is 0.102. The summed E-state index contributed by atoms with van der Waals surface area (Å²) in [5.41, 5.74) is 1.04. The van der Waals surface area contributed by atoms with Gasteiger partial charge in [0, 0.05) is 17.1 Å². The number of halogens is 2. The van der Waals surface area contributed by atoms with Crippen molar-refractivity contribution in [1.29, 1.82) is 0 Å². The number of anilines is 1. The lowest BCUT2D eigenvalue weighted by molar-refractivity contribution is -0.113. The molecule has 0 atom stereocenters. The van der Waals surface area contributed by atoms with Crippen LogP contribution in [-0.2, 0) is 16.1 Å². The summed E-state index contributed by atoms with van der Waals surface area (Å²) in [5.74, 6) is -0.0580. The number of benzene rings is 1. The summed E-state index contributed by atoms with van der Waals surface area (Å²) < 4.78 is 6.58. The van der Waals surface area contributed by atoms with Gasteiger partial charge in [0.05, 0.1) is 23.4 Å². The van der Waals surface area contributed by atoms with Crippen LogP contribution in [0.15, 0.2) is 34.8 Å².